The minimum Gasteiger partial charge on any atom is -0.367 e. The SMILES string of the molecule is Cc1cccc(N2CCc3[nH]c(-c4c(C)cccc4F)cc3C2)c1. The van der Waals surface area contributed by atoms with Crippen molar-refractivity contribution in [3.05, 3.63) is 76.7 Å². The number of aromatic amines is 1. The highest BCUT2D eigenvalue weighted by molar-refractivity contribution is 5.67. The van der Waals surface area contributed by atoms with E-state index in [9.17, 15) is 4.39 Å². The van der Waals surface area contributed by atoms with Gasteiger partial charge in [-0.2, -0.15) is 0 Å². The Morgan fingerprint density at radius 2 is 1.88 bits per heavy atom. The molecule has 0 bridgehead atoms. The molecule has 122 valence electrons. The van der Waals surface area contributed by atoms with E-state index in [0.717, 1.165) is 30.8 Å². The standard InChI is InChI=1S/C21H21FN2/c1-14-5-3-7-17(11-14)24-10-9-19-16(13-24)12-20(23-19)21-15(2)6-4-8-18(21)22/h3-8,11-12,23H,9-10,13H2,1-2H3. The van der Waals surface area contributed by atoms with Crippen LogP contribution in [-0.2, 0) is 13.0 Å². The zero-order chi connectivity index (χ0) is 16.7. The number of nitrogens with zero attached hydrogens (tertiary/aromatic N) is 1. The third-order valence-electron chi connectivity index (χ3n) is 4.84. The van der Waals surface area contributed by atoms with E-state index in [1.807, 2.05) is 13.0 Å². The van der Waals surface area contributed by atoms with Crippen LogP contribution in [0.1, 0.15) is 22.4 Å². The van der Waals surface area contributed by atoms with E-state index in [-0.39, 0.29) is 5.82 Å². The van der Waals surface area contributed by atoms with Crippen molar-refractivity contribution in [1.29, 1.82) is 0 Å². The summed E-state index contributed by atoms with van der Waals surface area (Å²) in [6.07, 6.45) is 0.955. The van der Waals surface area contributed by atoms with Crippen molar-refractivity contribution >= 4 is 5.69 Å². The summed E-state index contributed by atoms with van der Waals surface area (Å²) in [5.74, 6) is -0.163. The number of aryl methyl sites for hydroxylation is 2. The van der Waals surface area contributed by atoms with Crippen LogP contribution in [0.3, 0.4) is 0 Å². The van der Waals surface area contributed by atoms with Crippen LogP contribution in [0.2, 0.25) is 0 Å². The molecule has 0 saturated carbocycles. The maximum Gasteiger partial charge on any atom is 0.132 e. The van der Waals surface area contributed by atoms with E-state index >= 15 is 0 Å². The van der Waals surface area contributed by atoms with Gasteiger partial charge in [-0.3, -0.25) is 0 Å². The molecule has 1 aromatic heterocycles. The van der Waals surface area contributed by atoms with Crippen molar-refractivity contribution < 1.29 is 4.39 Å². The average Bonchev–Trinajstić information content (AvgIpc) is 2.97. The molecule has 3 aromatic rings. The van der Waals surface area contributed by atoms with Crippen LogP contribution in [0, 0.1) is 19.7 Å². The Labute approximate surface area is 141 Å². The maximum atomic E-state index is 14.3. The van der Waals surface area contributed by atoms with Crippen LogP contribution in [0.5, 0.6) is 0 Å². The second-order valence-electron chi connectivity index (χ2n) is 6.63. The number of aromatic nitrogens is 1. The predicted octanol–water partition coefficient (Wildman–Crippen LogP) is 5.00. The minimum atomic E-state index is -0.163. The van der Waals surface area contributed by atoms with Gasteiger partial charge in [-0.15, -0.1) is 0 Å². The minimum absolute atomic E-state index is 0.163. The number of benzene rings is 2. The fourth-order valence-corrected chi connectivity index (χ4v) is 3.59. The zero-order valence-electron chi connectivity index (χ0n) is 14.1. The number of fused-ring (bicyclic) bond motifs is 1. The molecule has 2 aromatic carbocycles. The highest BCUT2D eigenvalue weighted by Crippen LogP contribution is 2.31. The summed E-state index contributed by atoms with van der Waals surface area (Å²) in [7, 11) is 0. The fraction of sp³-hybridized carbons (Fsp3) is 0.238. The highest BCUT2D eigenvalue weighted by Gasteiger charge is 2.21. The number of hydrogen-bond acceptors (Lipinski definition) is 1. The summed E-state index contributed by atoms with van der Waals surface area (Å²) in [6, 6.07) is 16.0. The quantitative estimate of drug-likeness (QED) is 0.704. The zero-order valence-corrected chi connectivity index (χ0v) is 14.1. The highest BCUT2D eigenvalue weighted by atomic mass is 19.1. The van der Waals surface area contributed by atoms with Gasteiger partial charge in [-0.05, 0) is 54.8 Å². The third-order valence-corrected chi connectivity index (χ3v) is 4.84. The molecule has 24 heavy (non-hydrogen) atoms. The van der Waals surface area contributed by atoms with Gasteiger partial charge >= 0.3 is 0 Å². The molecule has 0 aliphatic carbocycles. The predicted molar refractivity (Wildman–Crippen MR) is 96.9 cm³/mol. The van der Waals surface area contributed by atoms with Crippen LogP contribution >= 0.6 is 0 Å². The second-order valence-corrected chi connectivity index (χ2v) is 6.63. The van der Waals surface area contributed by atoms with Crippen molar-refractivity contribution in [2.75, 3.05) is 11.4 Å². The molecular weight excluding hydrogens is 299 g/mol. The van der Waals surface area contributed by atoms with Gasteiger partial charge in [-0.1, -0.05) is 24.3 Å². The number of rotatable bonds is 2. The second kappa shape index (κ2) is 5.82. The fourth-order valence-electron chi connectivity index (χ4n) is 3.59. The molecule has 0 unspecified atom stereocenters. The van der Waals surface area contributed by atoms with E-state index in [1.54, 1.807) is 6.07 Å². The molecule has 2 nitrogen and oxygen atoms in total. The van der Waals surface area contributed by atoms with Gasteiger partial charge in [0.1, 0.15) is 5.82 Å². The first kappa shape index (κ1) is 15.0. The number of halogens is 1. The van der Waals surface area contributed by atoms with Crippen molar-refractivity contribution in [3.8, 4) is 11.3 Å². The van der Waals surface area contributed by atoms with Gasteiger partial charge in [-0.25, -0.2) is 4.39 Å². The molecule has 0 atom stereocenters. The molecule has 4 rings (SSSR count). The molecule has 3 heteroatoms. The lowest BCUT2D eigenvalue weighted by Crippen LogP contribution is -2.29. The van der Waals surface area contributed by atoms with E-state index in [2.05, 4.69) is 47.1 Å². The Kier molecular flexibility index (Phi) is 3.64. The number of hydrogen-bond donors (Lipinski definition) is 1. The van der Waals surface area contributed by atoms with Crippen molar-refractivity contribution in [1.82, 2.24) is 4.98 Å². The molecule has 2 heterocycles. The molecule has 1 N–H and O–H groups in total. The average molecular weight is 320 g/mol. The summed E-state index contributed by atoms with van der Waals surface area (Å²) in [5.41, 5.74) is 7.57. The molecule has 0 spiro atoms. The Hall–Kier alpha value is -2.55. The van der Waals surface area contributed by atoms with Gasteiger partial charge in [0.2, 0.25) is 0 Å². The molecule has 1 aliphatic heterocycles. The Morgan fingerprint density at radius 3 is 2.67 bits per heavy atom. The summed E-state index contributed by atoms with van der Waals surface area (Å²) in [4.78, 5) is 5.84. The number of anilines is 1. The molecule has 0 amide bonds. The lowest BCUT2D eigenvalue weighted by molar-refractivity contribution is 0.629. The summed E-state index contributed by atoms with van der Waals surface area (Å²) in [6.45, 7) is 5.92. The Bertz CT molecular complexity index is 874. The normalized spacial score (nSPS) is 13.9. The summed E-state index contributed by atoms with van der Waals surface area (Å²) < 4.78 is 14.3. The smallest absolute Gasteiger partial charge is 0.132 e. The number of H-pyrrole nitrogens is 1. The van der Waals surface area contributed by atoms with Gasteiger partial charge in [0.25, 0.3) is 0 Å². The molecular formula is C21H21FN2. The van der Waals surface area contributed by atoms with E-state index in [1.165, 1.54) is 28.6 Å². The maximum absolute atomic E-state index is 14.3. The van der Waals surface area contributed by atoms with Gasteiger partial charge in [0, 0.05) is 42.1 Å². The van der Waals surface area contributed by atoms with Crippen LogP contribution in [0.15, 0.2) is 48.5 Å². The topological polar surface area (TPSA) is 19.0 Å². The van der Waals surface area contributed by atoms with Crippen molar-refractivity contribution in [3.63, 3.8) is 0 Å². The molecule has 0 fully saturated rings. The van der Waals surface area contributed by atoms with Gasteiger partial charge in [0.05, 0.1) is 0 Å². The van der Waals surface area contributed by atoms with E-state index < -0.39 is 0 Å². The van der Waals surface area contributed by atoms with Crippen LogP contribution in [0.4, 0.5) is 10.1 Å². The third kappa shape index (κ3) is 2.60. The molecule has 0 saturated heterocycles. The lowest BCUT2D eigenvalue weighted by atomic mass is 10.0. The number of nitrogens with one attached hydrogen (secondary N) is 1. The largest absolute Gasteiger partial charge is 0.367 e. The monoisotopic (exact) mass is 320 g/mol. The summed E-state index contributed by atoms with van der Waals surface area (Å²) in [5, 5.41) is 0. The summed E-state index contributed by atoms with van der Waals surface area (Å²) >= 11 is 0. The van der Waals surface area contributed by atoms with Crippen LogP contribution in [-0.4, -0.2) is 11.5 Å². The Balaban J connectivity index is 1.67. The first-order valence-corrected chi connectivity index (χ1v) is 8.39. The van der Waals surface area contributed by atoms with E-state index in [4.69, 9.17) is 0 Å². The van der Waals surface area contributed by atoms with E-state index in [0.29, 0.717) is 5.56 Å². The van der Waals surface area contributed by atoms with Crippen LogP contribution in [0.25, 0.3) is 11.3 Å². The first-order chi connectivity index (χ1) is 11.6. The lowest BCUT2D eigenvalue weighted by Gasteiger charge is -2.29. The van der Waals surface area contributed by atoms with Gasteiger partial charge < -0.3 is 9.88 Å². The molecule has 1 aliphatic rings. The first-order valence-electron chi connectivity index (χ1n) is 8.39. The van der Waals surface area contributed by atoms with Crippen molar-refractivity contribution in [2.45, 2.75) is 26.8 Å². The van der Waals surface area contributed by atoms with Gasteiger partial charge in [0.15, 0.2) is 0 Å². The van der Waals surface area contributed by atoms with Crippen LogP contribution < -0.4 is 4.90 Å². The van der Waals surface area contributed by atoms with Crippen molar-refractivity contribution in [2.24, 2.45) is 0 Å². The molecule has 0 radical (unpaired) electrons. The Morgan fingerprint density at radius 1 is 1.04 bits per heavy atom.